The van der Waals surface area contributed by atoms with E-state index in [9.17, 15) is 4.79 Å². The minimum atomic E-state index is -0.829. The summed E-state index contributed by atoms with van der Waals surface area (Å²) in [7, 11) is 0. The molecule has 0 aliphatic carbocycles. The van der Waals surface area contributed by atoms with Gasteiger partial charge in [-0.2, -0.15) is 0 Å². The number of anilines is 1. The molecule has 1 aliphatic rings. The molecule has 1 aliphatic heterocycles. The summed E-state index contributed by atoms with van der Waals surface area (Å²) in [6.07, 6.45) is 3.05. The first-order chi connectivity index (χ1) is 8.54. The molecule has 2 rings (SSSR count). The number of carboxylic acids is 1. The van der Waals surface area contributed by atoms with Gasteiger partial charge in [0.25, 0.3) is 0 Å². The molecule has 0 atom stereocenters. The molecule has 0 radical (unpaired) electrons. The van der Waals surface area contributed by atoms with Crippen molar-refractivity contribution in [3.63, 3.8) is 0 Å². The second kappa shape index (κ2) is 5.25. The summed E-state index contributed by atoms with van der Waals surface area (Å²) in [5.74, 6) is -0.829. The van der Waals surface area contributed by atoms with Crippen LogP contribution in [0.4, 0.5) is 5.69 Å². The van der Waals surface area contributed by atoms with Gasteiger partial charge in [0.1, 0.15) is 0 Å². The highest BCUT2D eigenvalue weighted by atomic mass is 16.4. The lowest BCUT2D eigenvalue weighted by Gasteiger charge is -2.30. The zero-order chi connectivity index (χ0) is 13.1. The standard InChI is InChI=1S/C15H19NO2/c1-11-7-12(2)9-14(8-11)16-5-3-13(4-6-16)10-15(17)18/h7-10H,3-6H2,1-2H3,(H,17,18). The lowest BCUT2D eigenvalue weighted by atomic mass is 10.0. The van der Waals surface area contributed by atoms with Crippen LogP contribution in [0.3, 0.4) is 0 Å². The van der Waals surface area contributed by atoms with Gasteiger partial charge in [-0.25, -0.2) is 4.79 Å². The van der Waals surface area contributed by atoms with Gasteiger partial charge in [0.2, 0.25) is 0 Å². The number of aliphatic carboxylic acids is 1. The van der Waals surface area contributed by atoms with E-state index in [1.165, 1.54) is 22.9 Å². The molecule has 0 spiro atoms. The third-order valence-electron chi connectivity index (χ3n) is 3.30. The minimum absolute atomic E-state index is 0.829. The Balaban J connectivity index is 2.07. The summed E-state index contributed by atoms with van der Waals surface area (Å²) < 4.78 is 0. The third-order valence-corrected chi connectivity index (χ3v) is 3.30. The molecule has 1 heterocycles. The van der Waals surface area contributed by atoms with Crippen molar-refractivity contribution in [1.82, 2.24) is 0 Å². The van der Waals surface area contributed by atoms with Gasteiger partial charge in [-0.1, -0.05) is 11.6 Å². The molecule has 0 aromatic heterocycles. The van der Waals surface area contributed by atoms with Crippen LogP contribution >= 0.6 is 0 Å². The van der Waals surface area contributed by atoms with E-state index in [0.717, 1.165) is 31.5 Å². The quantitative estimate of drug-likeness (QED) is 0.814. The topological polar surface area (TPSA) is 40.5 Å². The number of nitrogens with zero attached hydrogens (tertiary/aromatic N) is 1. The summed E-state index contributed by atoms with van der Waals surface area (Å²) in [4.78, 5) is 13.0. The maximum absolute atomic E-state index is 10.6. The first kappa shape index (κ1) is 12.7. The molecule has 0 unspecified atom stereocenters. The number of benzene rings is 1. The van der Waals surface area contributed by atoms with Gasteiger partial charge < -0.3 is 10.0 Å². The van der Waals surface area contributed by atoms with Crippen molar-refractivity contribution in [3.05, 3.63) is 41.0 Å². The normalized spacial score (nSPS) is 15.7. The van der Waals surface area contributed by atoms with Crippen molar-refractivity contribution in [3.8, 4) is 0 Å². The van der Waals surface area contributed by atoms with Gasteiger partial charge in [-0.3, -0.25) is 0 Å². The highest BCUT2D eigenvalue weighted by Gasteiger charge is 2.15. The summed E-state index contributed by atoms with van der Waals surface area (Å²) in [6, 6.07) is 6.56. The molecule has 0 amide bonds. The minimum Gasteiger partial charge on any atom is -0.478 e. The van der Waals surface area contributed by atoms with Crippen molar-refractivity contribution in [2.24, 2.45) is 0 Å². The van der Waals surface area contributed by atoms with Gasteiger partial charge >= 0.3 is 5.97 Å². The lowest BCUT2D eigenvalue weighted by Crippen LogP contribution is -2.30. The fraction of sp³-hybridized carbons (Fsp3) is 0.400. The molecule has 1 saturated heterocycles. The molecule has 3 nitrogen and oxygen atoms in total. The Morgan fingerprint density at radius 2 is 1.72 bits per heavy atom. The molecule has 1 fully saturated rings. The van der Waals surface area contributed by atoms with Crippen LogP contribution in [0.5, 0.6) is 0 Å². The molecule has 3 heteroatoms. The molecule has 1 aromatic rings. The predicted octanol–water partition coefficient (Wildman–Crippen LogP) is 2.91. The van der Waals surface area contributed by atoms with E-state index in [4.69, 9.17) is 5.11 Å². The van der Waals surface area contributed by atoms with Crippen LogP contribution in [-0.2, 0) is 4.79 Å². The van der Waals surface area contributed by atoms with E-state index >= 15 is 0 Å². The average molecular weight is 245 g/mol. The largest absolute Gasteiger partial charge is 0.478 e. The van der Waals surface area contributed by atoms with Gasteiger partial charge in [-0.15, -0.1) is 0 Å². The lowest BCUT2D eigenvalue weighted by molar-refractivity contribution is -0.131. The molecule has 0 saturated carbocycles. The van der Waals surface area contributed by atoms with Crippen molar-refractivity contribution < 1.29 is 9.90 Å². The van der Waals surface area contributed by atoms with E-state index in [1.807, 2.05) is 0 Å². The van der Waals surface area contributed by atoms with Gasteiger partial charge in [0.05, 0.1) is 0 Å². The molecule has 0 bridgehead atoms. The highest BCUT2D eigenvalue weighted by molar-refractivity contribution is 5.80. The molecule has 1 aromatic carbocycles. The Kier molecular flexibility index (Phi) is 3.70. The van der Waals surface area contributed by atoms with Crippen LogP contribution in [0, 0.1) is 13.8 Å². The number of rotatable bonds is 2. The number of hydrogen-bond acceptors (Lipinski definition) is 2. The van der Waals surface area contributed by atoms with E-state index in [2.05, 4.69) is 36.9 Å². The second-order valence-electron chi connectivity index (χ2n) is 4.97. The van der Waals surface area contributed by atoms with Gasteiger partial charge in [0, 0.05) is 24.9 Å². The van der Waals surface area contributed by atoms with E-state index < -0.39 is 5.97 Å². The highest BCUT2D eigenvalue weighted by Crippen LogP contribution is 2.24. The zero-order valence-corrected chi connectivity index (χ0v) is 10.9. The summed E-state index contributed by atoms with van der Waals surface area (Å²) in [6.45, 7) is 6.02. The Morgan fingerprint density at radius 1 is 1.17 bits per heavy atom. The van der Waals surface area contributed by atoms with Crippen LogP contribution in [-0.4, -0.2) is 24.2 Å². The maximum Gasteiger partial charge on any atom is 0.328 e. The molecular weight excluding hydrogens is 226 g/mol. The molecule has 18 heavy (non-hydrogen) atoms. The van der Waals surface area contributed by atoms with E-state index in [1.54, 1.807) is 0 Å². The third kappa shape index (κ3) is 3.13. The molecule has 96 valence electrons. The number of aryl methyl sites for hydroxylation is 2. The maximum atomic E-state index is 10.6. The van der Waals surface area contributed by atoms with Gasteiger partial charge in [0.15, 0.2) is 0 Å². The first-order valence-corrected chi connectivity index (χ1v) is 6.30. The van der Waals surface area contributed by atoms with Crippen LogP contribution in [0.15, 0.2) is 29.8 Å². The zero-order valence-electron chi connectivity index (χ0n) is 10.9. The Labute approximate surface area is 108 Å². The second-order valence-corrected chi connectivity index (χ2v) is 4.97. The number of hydrogen-bond donors (Lipinski definition) is 1. The fourth-order valence-electron chi connectivity index (χ4n) is 2.50. The fourth-order valence-corrected chi connectivity index (χ4v) is 2.50. The Morgan fingerprint density at radius 3 is 2.22 bits per heavy atom. The summed E-state index contributed by atoms with van der Waals surface area (Å²) in [5, 5.41) is 8.73. The average Bonchev–Trinajstić information content (AvgIpc) is 2.27. The smallest absolute Gasteiger partial charge is 0.328 e. The first-order valence-electron chi connectivity index (χ1n) is 6.30. The van der Waals surface area contributed by atoms with Crippen molar-refractivity contribution >= 4 is 11.7 Å². The Bertz CT molecular complexity index is 461. The van der Waals surface area contributed by atoms with Crippen molar-refractivity contribution in [2.45, 2.75) is 26.7 Å². The summed E-state index contributed by atoms with van der Waals surface area (Å²) in [5.41, 5.74) is 4.85. The van der Waals surface area contributed by atoms with Gasteiger partial charge in [-0.05, 0) is 49.9 Å². The van der Waals surface area contributed by atoms with Crippen LogP contribution in [0.25, 0.3) is 0 Å². The molecular formula is C15H19NO2. The van der Waals surface area contributed by atoms with Crippen LogP contribution < -0.4 is 4.90 Å². The summed E-state index contributed by atoms with van der Waals surface area (Å²) >= 11 is 0. The monoisotopic (exact) mass is 245 g/mol. The number of carboxylic acid groups (broad SMARTS) is 1. The number of piperidine rings is 1. The predicted molar refractivity (Wildman–Crippen MR) is 73.1 cm³/mol. The van der Waals surface area contributed by atoms with E-state index in [0.29, 0.717) is 0 Å². The SMILES string of the molecule is Cc1cc(C)cc(N2CCC(=CC(=O)O)CC2)c1. The van der Waals surface area contributed by atoms with Crippen LogP contribution in [0.1, 0.15) is 24.0 Å². The van der Waals surface area contributed by atoms with Crippen LogP contribution in [0.2, 0.25) is 0 Å². The molecule has 1 N–H and O–H groups in total. The number of carbonyl (C=O) groups is 1. The van der Waals surface area contributed by atoms with Crippen molar-refractivity contribution in [1.29, 1.82) is 0 Å². The van der Waals surface area contributed by atoms with Crippen molar-refractivity contribution in [2.75, 3.05) is 18.0 Å². The Hall–Kier alpha value is -1.77. The van der Waals surface area contributed by atoms with E-state index in [-0.39, 0.29) is 0 Å².